The molecule has 2 amide bonds. The lowest BCUT2D eigenvalue weighted by molar-refractivity contribution is -0.142. The smallest absolute Gasteiger partial charge is 0.325 e. The van der Waals surface area contributed by atoms with Gasteiger partial charge in [-0.2, -0.15) is 0 Å². The first-order chi connectivity index (χ1) is 8.45. The van der Waals surface area contributed by atoms with E-state index >= 15 is 0 Å². The van der Waals surface area contributed by atoms with E-state index in [0.717, 1.165) is 6.42 Å². The van der Waals surface area contributed by atoms with Gasteiger partial charge in [-0.15, -0.1) is 0 Å². The summed E-state index contributed by atoms with van der Waals surface area (Å²) in [5.74, 6) is -1.92. The van der Waals surface area contributed by atoms with E-state index in [1.165, 1.54) is 13.0 Å². The lowest BCUT2D eigenvalue weighted by atomic mass is 9.96. The van der Waals surface area contributed by atoms with Gasteiger partial charge < -0.3 is 15.3 Å². The summed E-state index contributed by atoms with van der Waals surface area (Å²) in [5, 5.41) is 11.1. The number of hydrogen-bond acceptors (Lipinski definition) is 3. The highest BCUT2D eigenvalue weighted by Gasteiger charge is 2.28. The lowest BCUT2D eigenvalue weighted by Crippen LogP contribution is -2.48. The van der Waals surface area contributed by atoms with Crippen molar-refractivity contribution in [1.29, 1.82) is 0 Å². The highest BCUT2D eigenvalue weighted by atomic mass is 16.4. The van der Waals surface area contributed by atoms with Crippen LogP contribution in [0.15, 0.2) is 12.7 Å². The van der Waals surface area contributed by atoms with Crippen molar-refractivity contribution in [2.24, 2.45) is 5.92 Å². The van der Waals surface area contributed by atoms with Crippen LogP contribution in [0.1, 0.15) is 19.8 Å². The molecule has 2 atom stereocenters. The normalized spacial score (nSPS) is 20.9. The Labute approximate surface area is 106 Å². The van der Waals surface area contributed by atoms with Crippen LogP contribution in [-0.4, -0.2) is 46.9 Å². The van der Waals surface area contributed by atoms with E-state index in [1.807, 2.05) is 0 Å². The molecule has 1 fully saturated rings. The van der Waals surface area contributed by atoms with Crippen molar-refractivity contribution in [3.8, 4) is 0 Å². The molecular formula is C12H18N2O4. The summed E-state index contributed by atoms with van der Waals surface area (Å²) in [6.45, 7) is 5.76. The molecule has 1 heterocycles. The predicted octanol–water partition coefficient (Wildman–Crippen LogP) is 0.000300. The van der Waals surface area contributed by atoms with Gasteiger partial charge in [-0.1, -0.05) is 6.58 Å². The summed E-state index contributed by atoms with van der Waals surface area (Å²) in [4.78, 5) is 35.5. The highest BCUT2D eigenvalue weighted by molar-refractivity contribution is 5.88. The minimum absolute atomic E-state index is 0.196. The topological polar surface area (TPSA) is 86.7 Å². The summed E-state index contributed by atoms with van der Waals surface area (Å²) >= 11 is 0. The molecule has 1 aliphatic heterocycles. The molecule has 1 aliphatic rings. The molecule has 0 spiro atoms. The minimum Gasteiger partial charge on any atom is -0.480 e. The van der Waals surface area contributed by atoms with E-state index in [2.05, 4.69) is 11.9 Å². The van der Waals surface area contributed by atoms with Crippen LogP contribution in [0.4, 0.5) is 0 Å². The second kappa shape index (κ2) is 6.18. The first kappa shape index (κ1) is 14.2. The van der Waals surface area contributed by atoms with Crippen LogP contribution in [0.2, 0.25) is 0 Å². The quantitative estimate of drug-likeness (QED) is 0.691. The summed E-state index contributed by atoms with van der Waals surface area (Å²) < 4.78 is 0. The molecule has 6 nitrogen and oxygen atoms in total. The number of piperidine rings is 1. The van der Waals surface area contributed by atoms with Crippen molar-refractivity contribution >= 4 is 17.8 Å². The number of aliphatic carboxylic acids is 1. The second-order valence-electron chi connectivity index (χ2n) is 4.40. The molecule has 0 saturated carbocycles. The fraction of sp³-hybridized carbons (Fsp3) is 0.583. The van der Waals surface area contributed by atoms with Crippen LogP contribution in [-0.2, 0) is 14.4 Å². The summed E-state index contributed by atoms with van der Waals surface area (Å²) in [5.41, 5.74) is 0. The van der Waals surface area contributed by atoms with E-state index in [9.17, 15) is 14.4 Å². The Balaban J connectivity index is 2.55. The molecule has 2 N–H and O–H groups in total. The number of carboxylic acids is 1. The molecule has 0 aromatic rings. The Hall–Kier alpha value is -1.85. The van der Waals surface area contributed by atoms with Crippen molar-refractivity contribution in [3.63, 3.8) is 0 Å². The van der Waals surface area contributed by atoms with Crippen LogP contribution >= 0.6 is 0 Å². The van der Waals surface area contributed by atoms with Crippen molar-refractivity contribution in [3.05, 3.63) is 12.7 Å². The van der Waals surface area contributed by atoms with Gasteiger partial charge in [0.1, 0.15) is 6.04 Å². The molecule has 0 aliphatic carbocycles. The van der Waals surface area contributed by atoms with Crippen molar-refractivity contribution < 1.29 is 19.5 Å². The van der Waals surface area contributed by atoms with Gasteiger partial charge >= 0.3 is 5.97 Å². The van der Waals surface area contributed by atoms with E-state index in [0.29, 0.717) is 19.5 Å². The van der Waals surface area contributed by atoms with Crippen molar-refractivity contribution in [2.75, 3.05) is 13.1 Å². The molecule has 100 valence electrons. The maximum atomic E-state index is 11.8. The van der Waals surface area contributed by atoms with E-state index in [1.54, 1.807) is 4.90 Å². The highest BCUT2D eigenvalue weighted by Crippen LogP contribution is 2.17. The summed E-state index contributed by atoms with van der Waals surface area (Å²) in [6.07, 6.45) is 2.62. The Morgan fingerprint density at radius 2 is 2.17 bits per heavy atom. The van der Waals surface area contributed by atoms with Gasteiger partial charge in [0.05, 0.1) is 5.92 Å². The van der Waals surface area contributed by atoms with Gasteiger partial charge in [0.2, 0.25) is 11.8 Å². The number of nitrogens with one attached hydrogen (secondary N) is 1. The maximum absolute atomic E-state index is 11.8. The van der Waals surface area contributed by atoms with E-state index in [4.69, 9.17) is 5.11 Å². The molecule has 6 heteroatoms. The number of amides is 2. The number of rotatable bonds is 4. The Morgan fingerprint density at radius 1 is 1.50 bits per heavy atom. The molecule has 0 unspecified atom stereocenters. The van der Waals surface area contributed by atoms with Gasteiger partial charge in [-0.25, -0.2) is 0 Å². The molecule has 0 aromatic carbocycles. The zero-order chi connectivity index (χ0) is 13.7. The van der Waals surface area contributed by atoms with Crippen LogP contribution in [0.5, 0.6) is 0 Å². The van der Waals surface area contributed by atoms with E-state index in [-0.39, 0.29) is 17.7 Å². The molecule has 0 radical (unpaired) electrons. The largest absolute Gasteiger partial charge is 0.480 e. The van der Waals surface area contributed by atoms with Gasteiger partial charge in [-0.3, -0.25) is 14.4 Å². The summed E-state index contributed by atoms with van der Waals surface area (Å²) in [7, 11) is 0. The zero-order valence-corrected chi connectivity index (χ0v) is 10.4. The number of likely N-dealkylation sites (tertiary alicyclic amines) is 1. The third-order valence-electron chi connectivity index (χ3n) is 3.01. The number of hydrogen-bond donors (Lipinski definition) is 2. The average molecular weight is 254 g/mol. The van der Waals surface area contributed by atoms with Crippen molar-refractivity contribution in [2.45, 2.75) is 25.8 Å². The fourth-order valence-electron chi connectivity index (χ4n) is 1.91. The Morgan fingerprint density at radius 3 is 2.72 bits per heavy atom. The third kappa shape index (κ3) is 3.58. The van der Waals surface area contributed by atoms with Gasteiger partial charge in [-0.05, 0) is 25.8 Å². The molecule has 1 rings (SSSR count). The lowest BCUT2D eigenvalue weighted by Gasteiger charge is -2.31. The zero-order valence-electron chi connectivity index (χ0n) is 10.4. The standard InChI is InChI=1S/C12H18N2O4/c1-3-10(15)14-6-4-5-9(7-14)11(16)13-8(2)12(17)18/h3,8-9H,1,4-7H2,2H3,(H,13,16)(H,17,18)/t8-,9+/m0/s1. The number of carbonyl (C=O) groups excluding carboxylic acids is 2. The van der Waals surface area contributed by atoms with Crippen LogP contribution < -0.4 is 5.32 Å². The Kier molecular flexibility index (Phi) is 4.88. The molecule has 0 aromatic heterocycles. The third-order valence-corrected chi connectivity index (χ3v) is 3.01. The number of carbonyl (C=O) groups is 3. The Bertz CT molecular complexity index is 367. The predicted molar refractivity (Wildman–Crippen MR) is 64.7 cm³/mol. The van der Waals surface area contributed by atoms with Gasteiger partial charge in [0.15, 0.2) is 0 Å². The average Bonchev–Trinajstić information content (AvgIpc) is 2.37. The van der Waals surface area contributed by atoms with Crippen LogP contribution in [0, 0.1) is 5.92 Å². The molecule has 0 bridgehead atoms. The monoisotopic (exact) mass is 254 g/mol. The second-order valence-corrected chi connectivity index (χ2v) is 4.40. The van der Waals surface area contributed by atoms with Crippen LogP contribution in [0.3, 0.4) is 0 Å². The first-order valence-corrected chi connectivity index (χ1v) is 5.90. The number of nitrogens with zero attached hydrogens (tertiary/aromatic N) is 1. The minimum atomic E-state index is -1.07. The summed E-state index contributed by atoms with van der Waals surface area (Å²) in [6, 6.07) is -0.914. The molecule has 1 saturated heterocycles. The molecular weight excluding hydrogens is 236 g/mol. The van der Waals surface area contributed by atoms with Crippen LogP contribution in [0.25, 0.3) is 0 Å². The first-order valence-electron chi connectivity index (χ1n) is 5.90. The molecule has 18 heavy (non-hydrogen) atoms. The van der Waals surface area contributed by atoms with Gasteiger partial charge in [0.25, 0.3) is 0 Å². The van der Waals surface area contributed by atoms with E-state index < -0.39 is 12.0 Å². The maximum Gasteiger partial charge on any atom is 0.325 e. The number of carboxylic acid groups (broad SMARTS) is 1. The SMILES string of the molecule is C=CC(=O)N1CCC[C@@H](C(=O)N[C@@H](C)C(=O)O)C1. The van der Waals surface area contributed by atoms with Crippen molar-refractivity contribution in [1.82, 2.24) is 10.2 Å². The fourth-order valence-corrected chi connectivity index (χ4v) is 1.91. The van der Waals surface area contributed by atoms with Gasteiger partial charge in [0, 0.05) is 13.1 Å².